The quantitative estimate of drug-likeness (QED) is 0.283. The summed E-state index contributed by atoms with van der Waals surface area (Å²) in [5.41, 5.74) is 10.8. The number of nitrogens with one attached hydrogen (secondary N) is 2. The van der Waals surface area contributed by atoms with Gasteiger partial charge in [-0.1, -0.05) is 31.5 Å². The molecule has 0 atom stereocenters. The summed E-state index contributed by atoms with van der Waals surface area (Å²) in [5.74, 6) is 1.54. The topological polar surface area (TPSA) is 128 Å². The summed E-state index contributed by atoms with van der Waals surface area (Å²) in [6, 6.07) is 13.3. The summed E-state index contributed by atoms with van der Waals surface area (Å²) in [4.78, 5) is 33.5. The molecule has 4 aromatic rings. The van der Waals surface area contributed by atoms with Crippen LogP contribution in [0.4, 0.5) is 11.4 Å². The zero-order valence-electron chi connectivity index (χ0n) is 22.1. The van der Waals surface area contributed by atoms with Gasteiger partial charge in [-0.05, 0) is 68.4 Å². The van der Waals surface area contributed by atoms with Gasteiger partial charge in [-0.15, -0.1) is 0 Å². The van der Waals surface area contributed by atoms with Gasteiger partial charge in [0.1, 0.15) is 17.1 Å². The highest BCUT2D eigenvalue weighted by molar-refractivity contribution is 5.95. The van der Waals surface area contributed by atoms with Crippen molar-refractivity contribution in [3.8, 4) is 17.1 Å². The summed E-state index contributed by atoms with van der Waals surface area (Å²) >= 11 is 0. The molecule has 1 fully saturated rings. The van der Waals surface area contributed by atoms with E-state index in [4.69, 9.17) is 15.5 Å². The molecule has 9 nitrogen and oxygen atoms in total. The van der Waals surface area contributed by atoms with Crippen LogP contribution in [0.3, 0.4) is 0 Å². The summed E-state index contributed by atoms with van der Waals surface area (Å²) < 4.78 is 7.50. The molecule has 1 saturated carbocycles. The number of aromatic amines is 1. The van der Waals surface area contributed by atoms with Crippen LogP contribution in [0.25, 0.3) is 22.4 Å². The Morgan fingerprint density at radius 2 is 2.00 bits per heavy atom. The van der Waals surface area contributed by atoms with Crippen LogP contribution in [-0.2, 0) is 24.7 Å². The van der Waals surface area contributed by atoms with Crippen LogP contribution in [0, 0.1) is 11.8 Å². The van der Waals surface area contributed by atoms with Gasteiger partial charge >= 0.3 is 0 Å². The van der Waals surface area contributed by atoms with E-state index in [9.17, 15) is 9.59 Å². The van der Waals surface area contributed by atoms with Gasteiger partial charge in [0.25, 0.3) is 5.56 Å². The minimum Gasteiger partial charge on any atom is -0.493 e. The monoisotopic (exact) mass is 514 g/mol. The fourth-order valence-electron chi connectivity index (χ4n) is 5.25. The highest BCUT2D eigenvalue weighted by atomic mass is 16.5. The van der Waals surface area contributed by atoms with Gasteiger partial charge in [-0.3, -0.25) is 14.3 Å². The average molecular weight is 515 g/mol. The van der Waals surface area contributed by atoms with Crippen molar-refractivity contribution in [3.63, 3.8) is 0 Å². The first kappa shape index (κ1) is 25.5. The molecule has 0 saturated heterocycles. The number of aryl methyl sites for hydroxylation is 2. The van der Waals surface area contributed by atoms with Crippen LogP contribution >= 0.6 is 0 Å². The maximum absolute atomic E-state index is 13.0. The lowest BCUT2D eigenvalue weighted by atomic mass is 9.71. The van der Waals surface area contributed by atoms with E-state index in [1.54, 1.807) is 17.8 Å². The minimum atomic E-state index is -0.220. The molecule has 1 amide bonds. The molecule has 198 valence electrons. The number of hydrogen-bond acceptors (Lipinski definition) is 6. The Kier molecular flexibility index (Phi) is 7.18. The number of aromatic nitrogens is 4. The second-order valence-corrected chi connectivity index (χ2v) is 10.0. The Bertz CT molecular complexity index is 1530. The third-order valence-electron chi connectivity index (χ3n) is 7.20. The van der Waals surface area contributed by atoms with Crippen molar-refractivity contribution in [2.24, 2.45) is 18.9 Å². The number of carbonyl (C=O) groups excluding carboxylic acids is 1. The molecule has 1 aliphatic carbocycles. The smallest absolute Gasteiger partial charge is 0.277 e. The standard InChI is InChI=1S/C29H34N6O3/c1-4-8-23-25-26(35(3)34-23)29(37)33-27(32-25)20-16-17(11-12-24(20)38-5-2)13-18-14-19(15-18)28(36)31-22-10-7-6-9-21(22)30/h6-7,9-12,16,18-19H,4-5,8,13-15,30H2,1-3H3,(H,31,36)(H,32,33,37)/t18-,19-. The molecule has 5 rings (SSSR count). The molecule has 0 spiro atoms. The fourth-order valence-corrected chi connectivity index (χ4v) is 5.25. The number of nitrogen functional groups attached to an aromatic ring is 1. The Labute approximate surface area is 221 Å². The maximum Gasteiger partial charge on any atom is 0.277 e. The third kappa shape index (κ3) is 5.01. The molecule has 9 heteroatoms. The number of hydrogen-bond donors (Lipinski definition) is 3. The molecule has 2 aromatic carbocycles. The number of rotatable bonds is 9. The lowest BCUT2D eigenvalue weighted by Gasteiger charge is -2.34. The lowest BCUT2D eigenvalue weighted by molar-refractivity contribution is -0.123. The van der Waals surface area contributed by atoms with E-state index in [1.807, 2.05) is 37.3 Å². The fraction of sp³-hybridized carbons (Fsp3) is 0.379. The van der Waals surface area contributed by atoms with Gasteiger partial charge in [0.15, 0.2) is 5.52 Å². The van der Waals surface area contributed by atoms with Crippen molar-refractivity contribution in [1.29, 1.82) is 0 Å². The second-order valence-electron chi connectivity index (χ2n) is 10.0. The molecule has 4 N–H and O–H groups in total. The van der Waals surface area contributed by atoms with E-state index < -0.39 is 0 Å². The van der Waals surface area contributed by atoms with Gasteiger partial charge in [0.2, 0.25) is 5.91 Å². The highest BCUT2D eigenvalue weighted by Gasteiger charge is 2.34. The third-order valence-corrected chi connectivity index (χ3v) is 7.20. The van der Waals surface area contributed by atoms with Crippen LogP contribution in [0.15, 0.2) is 47.3 Å². The van der Waals surface area contributed by atoms with E-state index >= 15 is 0 Å². The van der Waals surface area contributed by atoms with Crippen molar-refractivity contribution < 1.29 is 9.53 Å². The molecule has 0 bridgehead atoms. The van der Waals surface area contributed by atoms with Crippen LogP contribution in [-0.4, -0.2) is 32.3 Å². The van der Waals surface area contributed by atoms with Crippen LogP contribution in [0.2, 0.25) is 0 Å². The normalized spacial score (nSPS) is 16.8. The SMILES string of the molecule is CCCc1nn(C)c2c(=O)[nH]c(-c3cc(C[C@H]4C[C@H](C(=O)Nc5ccccc5N)C4)ccc3OCC)nc12. The number of anilines is 2. The van der Waals surface area contributed by atoms with Crippen LogP contribution < -0.4 is 21.3 Å². The number of H-pyrrole nitrogens is 1. The highest BCUT2D eigenvalue weighted by Crippen LogP contribution is 2.38. The average Bonchev–Trinajstić information content (AvgIpc) is 3.19. The van der Waals surface area contributed by atoms with E-state index in [0.29, 0.717) is 46.5 Å². The molecule has 0 aliphatic heterocycles. The van der Waals surface area contributed by atoms with Crippen molar-refractivity contribution in [2.45, 2.75) is 46.0 Å². The summed E-state index contributed by atoms with van der Waals surface area (Å²) in [6.45, 7) is 4.51. The second kappa shape index (κ2) is 10.7. The summed E-state index contributed by atoms with van der Waals surface area (Å²) in [6.07, 6.45) is 4.13. The van der Waals surface area contributed by atoms with Crippen molar-refractivity contribution in [3.05, 3.63) is 64.1 Å². The van der Waals surface area contributed by atoms with Gasteiger partial charge in [-0.25, -0.2) is 4.98 Å². The zero-order valence-corrected chi connectivity index (χ0v) is 22.1. The molecule has 0 unspecified atom stereocenters. The van der Waals surface area contributed by atoms with Gasteiger partial charge in [0.05, 0.1) is 29.2 Å². The van der Waals surface area contributed by atoms with E-state index in [0.717, 1.165) is 48.9 Å². The molecule has 2 aromatic heterocycles. The van der Waals surface area contributed by atoms with Gasteiger partial charge in [0, 0.05) is 13.0 Å². The van der Waals surface area contributed by atoms with E-state index in [1.165, 1.54) is 0 Å². The number of para-hydroxylation sites is 2. The first-order chi connectivity index (χ1) is 18.4. The van der Waals surface area contributed by atoms with E-state index in [2.05, 4.69) is 28.4 Å². The maximum atomic E-state index is 13.0. The number of carbonyl (C=O) groups is 1. The number of amides is 1. The molecule has 2 heterocycles. The summed E-state index contributed by atoms with van der Waals surface area (Å²) in [5, 5.41) is 7.48. The number of benzene rings is 2. The molecule has 1 aliphatic rings. The predicted octanol–water partition coefficient (Wildman–Crippen LogP) is 4.46. The van der Waals surface area contributed by atoms with Gasteiger partial charge in [-0.2, -0.15) is 5.10 Å². The molecular formula is C29H34N6O3. The molecular weight excluding hydrogens is 480 g/mol. The zero-order chi connectivity index (χ0) is 26.8. The number of ether oxygens (including phenoxy) is 1. The molecule has 0 radical (unpaired) electrons. The van der Waals surface area contributed by atoms with Crippen LogP contribution in [0.1, 0.15) is 44.4 Å². The van der Waals surface area contributed by atoms with Crippen LogP contribution in [0.5, 0.6) is 5.75 Å². The van der Waals surface area contributed by atoms with Crippen molar-refractivity contribution >= 4 is 28.3 Å². The Morgan fingerprint density at radius 3 is 2.74 bits per heavy atom. The lowest BCUT2D eigenvalue weighted by Crippen LogP contribution is -2.35. The minimum absolute atomic E-state index is 0.0148. The Morgan fingerprint density at radius 1 is 1.21 bits per heavy atom. The van der Waals surface area contributed by atoms with Gasteiger partial charge < -0.3 is 20.8 Å². The Hall–Kier alpha value is -4.14. The summed E-state index contributed by atoms with van der Waals surface area (Å²) in [7, 11) is 1.77. The number of nitrogens with zero attached hydrogens (tertiary/aromatic N) is 3. The van der Waals surface area contributed by atoms with Crippen molar-refractivity contribution in [2.75, 3.05) is 17.7 Å². The largest absolute Gasteiger partial charge is 0.493 e. The predicted molar refractivity (Wildman–Crippen MR) is 149 cm³/mol. The first-order valence-electron chi connectivity index (χ1n) is 13.2. The molecule has 38 heavy (non-hydrogen) atoms. The first-order valence-corrected chi connectivity index (χ1v) is 13.2. The number of nitrogens with two attached hydrogens (primary N) is 1. The van der Waals surface area contributed by atoms with E-state index in [-0.39, 0.29) is 17.4 Å². The number of fused-ring (bicyclic) bond motifs is 1. The Balaban J connectivity index is 1.35. The van der Waals surface area contributed by atoms with Crippen molar-refractivity contribution in [1.82, 2.24) is 19.7 Å².